The van der Waals surface area contributed by atoms with E-state index < -0.39 is 0 Å². The van der Waals surface area contributed by atoms with Crippen LogP contribution in [0.1, 0.15) is 13.8 Å². The number of rotatable bonds is 4. The molecule has 0 unspecified atom stereocenters. The summed E-state index contributed by atoms with van der Waals surface area (Å²) in [6, 6.07) is 6.72. The molecule has 0 heterocycles. The highest BCUT2D eigenvalue weighted by molar-refractivity contribution is 7.99. The van der Waals surface area contributed by atoms with Gasteiger partial charge in [-0.3, -0.25) is 0 Å². The first-order chi connectivity index (χ1) is 6.59. The molecule has 1 aromatic rings. The van der Waals surface area contributed by atoms with E-state index >= 15 is 0 Å². The van der Waals surface area contributed by atoms with Gasteiger partial charge in [0.15, 0.2) is 0 Å². The molecule has 0 amide bonds. The maximum absolute atomic E-state index is 12.6. The standard InChI is InChI=1S/C11H16FNS/c1-8(2)11(13)7-14-10-5-3-9(12)4-6-10/h3-6,8,11H,7,13H2,1-2H3/t11-/m0/s1. The Morgan fingerprint density at radius 2 is 1.86 bits per heavy atom. The van der Waals surface area contributed by atoms with E-state index in [-0.39, 0.29) is 11.9 Å². The highest BCUT2D eigenvalue weighted by atomic mass is 32.2. The molecule has 2 N–H and O–H groups in total. The van der Waals surface area contributed by atoms with Gasteiger partial charge in [0.2, 0.25) is 0 Å². The molecule has 0 radical (unpaired) electrons. The molecule has 0 saturated carbocycles. The Labute approximate surface area is 88.9 Å². The van der Waals surface area contributed by atoms with Gasteiger partial charge in [-0.2, -0.15) is 0 Å². The predicted octanol–water partition coefficient (Wildman–Crippen LogP) is 2.90. The minimum Gasteiger partial charge on any atom is -0.327 e. The lowest BCUT2D eigenvalue weighted by Crippen LogP contribution is -2.28. The molecule has 0 fully saturated rings. The Morgan fingerprint density at radius 1 is 1.29 bits per heavy atom. The molecule has 1 nitrogen and oxygen atoms in total. The lowest BCUT2D eigenvalue weighted by Gasteiger charge is -2.14. The van der Waals surface area contributed by atoms with Crippen molar-refractivity contribution in [3.63, 3.8) is 0 Å². The SMILES string of the molecule is CC(C)[C@@H](N)CSc1ccc(F)cc1. The number of hydrogen-bond acceptors (Lipinski definition) is 2. The fourth-order valence-corrected chi connectivity index (χ4v) is 2.01. The summed E-state index contributed by atoms with van der Waals surface area (Å²) in [5.41, 5.74) is 5.90. The monoisotopic (exact) mass is 213 g/mol. The van der Waals surface area contributed by atoms with E-state index in [1.165, 1.54) is 12.1 Å². The van der Waals surface area contributed by atoms with Gasteiger partial charge in [0.05, 0.1) is 0 Å². The first kappa shape index (κ1) is 11.5. The topological polar surface area (TPSA) is 26.0 Å². The van der Waals surface area contributed by atoms with Crippen molar-refractivity contribution in [1.29, 1.82) is 0 Å². The summed E-state index contributed by atoms with van der Waals surface area (Å²) in [7, 11) is 0. The summed E-state index contributed by atoms with van der Waals surface area (Å²) in [6.45, 7) is 4.21. The van der Waals surface area contributed by atoms with Crippen molar-refractivity contribution in [2.75, 3.05) is 5.75 Å². The van der Waals surface area contributed by atoms with Crippen LogP contribution in [0.15, 0.2) is 29.2 Å². The molecular weight excluding hydrogens is 197 g/mol. The zero-order valence-corrected chi connectivity index (χ0v) is 9.35. The van der Waals surface area contributed by atoms with Crippen LogP contribution in [0.25, 0.3) is 0 Å². The van der Waals surface area contributed by atoms with Gasteiger partial charge in [0.1, 0.15) is 5.82 Å². The minimum atomic E-state index is -0.192. The van der Waals surface area contributed by atoms with Gasteiger partial charge in [-0.1, -0.05) is 13.8 Å². The van der Waals surface area contributed by atoms with Gasteiger partial charge in [-0.05, 0) is 30.2 Å². The maximum atomic E-state index is 12.6. The first-order valence-corrected chi connectivity index (χ1v) is 5.72. The van der Waals surface area contributed by atoms with Gasteiger partial charge in [-0.25, -0.2) is 4.39 Å². The fraction of sp³-hybridized carbons (Fsp3) is 0.455. The van der Waals surface area contributed by atoms with Crippen LogP contribution in [0.5, 0.6) is 0 Å². The molecule has 0 spiro atoms. The van der Waals surface area contributed by atoms with Crippen LogP contribution in [-0.4, -0.2) is 11.8 Å². The van der Waals surface area contributed by atoms with Crippen molar-refractivity contribution in [1.82, 2.24) is 0 Å². The average Bonchev–Trinajstić information content (AvgIpc) is 2.16. The Balaban J connectivity index is 2.42. The highest BCUT2D eigenvalue weighted by Crippen LogP contribution is 2.20. The third-order valence-electron chi connectivity index (χ3n) is 2.11. The normalized spacial score (nSPS) is 13.2. The number of thioether (sulfide) groups is 1. The smallest absolute Gasteiger partial charge is 0.123 e. The molecule has 0 aliphatic carbocycles. The molecule has 0 aliphatic heterocycles. The molecule has 0 aromatic heterocycles. The second kappa shape index (κ2) is 5.37. The molecule has 0 bridgehead atoms. The number of halogens is 1. The summed E-state index contributed by atoms with van der Waals surface area (Å²) < 4.78 is 12.6. The van der Waals surface area contributed by atoms with Crippen molar-refractivity contribution in [3.05, 3.63) is 30.1 Å². The Kier molecular flexibility index (Phi) is 4.42. The zero-order chi connectivity index (χ0) is 10.6. The molecule has 78 valence electrons. The van der Waals surface area contributed by atoms with Crippen LogP contribution in [0, 0.1) is 11.7 Å². The van der Waals surface area contributed by atoms with E-state index in [1.807, 2.05) is 0 Å². The minimum absolute atomic E-state index is 0.192. The van der Waals surface area contributed by atoms with Gasteiger partial charge in [-0.15, -0.1) is 11.8 Å². The van der Waals surface area contributed by atoms with Crippen molar-refractivity contribution in [3.8, 4) is 0 Å². The molecular formula is C11H16FNS. The second-order valence-electron chi connectivity index (χ2n) is 3.67. The molecule has 1 rings (SSSR count). The van der Waals surface area contributed by atoms with Gasteiger partial charge >= 0.3 is 0 Å². The van der Waals surface area contributed by atoms with Crippen LogP contribution in [0.2, 0.25) is 0 Å². The van der Waals surface area contributed by atoms with Crippen molar-refractivity contribution in [2.45, 2.75) is 24.8 Å². The fourth-order valence-electron chi connectivity index (χ4n) is 0.916. The van der Waals surface area contributed by atoms with Gasteiger partial charge in [0.25, 0.3) is 0 Å². The summed E-state index contributed by atoms with van der Waals surface area (Å²) >= 11 is 1.67. The molecule has 3 heteroatoms. The molecule has 1 atom stereocenters. The van der Waals surface area contributed by atoms with Crippen molar-refractivity contribution < 1.29 is 4.39 Å². The number of benzene rings is 1. The third-order valence-corrected chi connectivity index (χ3v) is 3.27. The molecule has 0 saturated heterocycles. The predicted molar refractivity (Wildman–Crippen MR) is 59.9 cm³/mol. The zero-order valence-electron chi connectivity index (χ0n) is 8.53. The van der Waals surface area contributed by atoms with Gasteiger partial charge < -0.3 is 5.73 Å². The largest absolute Gasteiger partial charge is 0.327 e. The lowest BCUT2D eigenvalue weighted by atomic mass is 10.1. The Hall–Kier alpha value is -0.540. The Morgan fingerprint density at radius 3 is 2.36 bits per heavy atom. The van der Waals surface area contributed by atoms with E-state index in [9.17, 15) is 4.39 Å². The van der Waals surface area contributed by atoms with E-state index in [0.29, 0.717) is 5.92 Å². The molecule has 14 heavy (non-hydrogen) atoms. The molecule has 0 aliphatic rings. The van der Waals surface area contributed by atoms with Crippen molar-refractivity contribution in [2.24, 2.45) is 11.7 Å². The third kappa shape index (κ3) is 3.68. The summed E-state index contributed by atoms with van der Waals surface area (Å²) in [6.07, 6.45) is 0. The van der Waals surface area contributed by atoms with Crippen LogP contribution in [-0.2, 0) is 0 Å². The summed E-state index contributed by atoms with van der Waals surface area (Å²) in [5.74, 6) is 1.17. The van der Waals surface area contributed by atoms with Crippen LogP contribution >= 0.6 is 11.8 Å². The summed E-state index contributed by atoms with van der Waals surface area (Å²) in [4.78, 5) is 1.07. The van der Waals surface area contributed by atoms with Crippen LogP contribution in [0.4, 0.5) is 4.39 Å². The van der Waals surface area contributed by atoms with Crippen LogP contribution in [0.3, 0.4) is 0 Å². The maximum Gasteiger partial charge on any atom is 0.123 e. The van der Waals surface area contributed by atoms with E-state index in [2.05, 4.69) is 13.8 Å². The van der Waals surface area contributed by atoms with Gasteiger partial charge in [0, 0.05) is 16.7 Å². The average molecular weight is 213 g/mol. The van der Waals surface area contributed by atoms with Crippen molar-refractivity contribution >= 4 is 11.8 Å². The highest BCUT2D eigenvalue weighted by Gasteiger charge is 2.07. The number of nitrogens with two attached hydrogens (primary N) is 1. The van der Waals surface area contributed by atoms with Crippen LogP contribution < -0.4 is 5.73 Å². The lowest BCUT2D eigenvalue weighted by molar-refractivity contribution is 0.535. The van der Waals surface area contributed by atoms with E-state index in [4.69, 9.17) is 5.73 Å². The van der Waals surface area contributed by atoms with E-state index in [1.54, 1.807) is 23.9 Å². The van der Waals surface area contributed by atoms with E-state index in [0.717, 1.165) is 10.6 Å². The second-order valence-corrected chi connectivity index (χ2v) is 4.77. The first-order valence-electron chi connectivity index (χ1n) is 4.73. The molecule has 1 aromatic carbocycles. The number of hydrogen-bond donors (Lipinski definition) is 1. The quantitative estimate of drug-likeness (QED) is 0.778. The summed E-state index contributed by atoms with van der Waals surface area (Å²) in [5, 5.41) is 0. The Bertz CT molecular complexity index is 271.